The largest absolute Gasteiger partial charge is 0.483 e. The number of carbonyl (C=O) groups excluding carboxylic acids is 1. The van der Waals surface area contributed by atoms with Gasteiger partial charge in [0.1, 0.15) is 5.75 Å². The van der Waals surface area contributed by atoms with Crippen molar-refractivity contribution in [1.29, 1.82) is 0 Å². The summed E-state index contributed by atoms with van der Waals surface area (Å²) in [6.45, 7) is 0.804. The number of nitrogens with zero attached hydrogens (tertiary/aromatic N) is 1. The van der Waals surface area contributed by atoms with Crippen molar-refractivity contribution in [3.05, 3.63) is 28.8 Å². The molecule has 2 bridgehead atoms. The van der Waals surface area contributed by atoms with Gasteiger partial charge in [0.25, 0.3) is 5.91 Å². The van der Waals surface area contributed by atoms with Crippen LogP contribution in [0, 0.1) is 0 Å². The van der Waals surface area contributed by atoms with Crippen molar-refractivity contribution in [2.75, 3.05) is 26.0 Å². The molecule has 4 aliphatic rings. The molecule has 1 N–H and O–H groups in total. The lowest BCUT2D eigenvalue weighted by Gasteiger charge is -2.41. The molecule has 1 amide bonds. The minimum Gasteiger partial charge on any atom is -0.483 e. The first kappa shape index (κ1) is 21.9. The van der Waals surface area contributed by atoms with E-state index in [9.17, 15) is 13.2 Å². The van der Waals surface area contributed by atoms with Crippen molar-refractivity contribution < 1.29 is 22.7 Å². The third-order valence-corrected chi connectivity index (χ3v) is 7.37. The van der Waals surface area contributed by atoms with Gasteiger partial charge in [0, 0.05) is 17.6 Å². The number of nitrogens with one attached hydrogen (secondary N) is 1. The van der Waals surface area contributed by atoms with Crippen molar-refractivity contribution in [3.8, 4) is 5.75 Å². The van der Waals surface area contributed by atoms with E-state index in [4.69, 9.17) is 21.1 Å². The maximum Gasteiger partial charge on any atom is 0.260 e. The van der Waals surface area contributed by atoms with E-state index in [2.05, 4.69) is 4.72 Å². The number of benzene rings is 1. The van der Waals surface area contributed by atoms with Crippen LogP contribution >= 0.6 is 11.6 Å². The molecule has 1 aliphatic carbocycles. The highest BCUT2D eigenvalue weighted by Crippen LogP contribution is 2.40. The van der Waals surface area contributed by atoms with E-state index in [0.29, 0.717) is 36.3 Å². The molecule has 3 aliphatic heterocycles. The number of hydrogen-bond acceptors (Lipinski definition) is 5. The van der Waals surface area contributed by atoms with E-state index >= 15 is 0 Å². The molecule has 1 aromatic carbocycles. The summed E-state index contributed by atoms with van der Waals surface area (Å²) in [5.41, 5.74) is 1.06. The van der Waals surface area contributed by atoms with E-state index in [1.54, 1.807) is 11.0 Å². The third-order valence-electron chi connectivity index (χ3n) is 6.40. The molecule has 166 valence electrons. The summed E-state index contributed by atoms with van der Waals surface area (Å²) in [4.78, 5) is 14.8. The standard InChI is InChI=1S/C21H29ClN2O5S/c1-30(26,27)23-18-3-2-10-24-19(18)12-28-16-7-4-14(5-8-16)17-11-15(22)6-9-20(17)29-13-21(24)25/h6,9,11,14,16,18-19,23H,2-5,7-8,10,12-13H2,1H3/t14-,16+,18-,19-/m0/s1. The number of fused-ring (bicyclic) bond motifs is 5. The zero-order valence-corrected chi connectivity index (χ0v) is 18.8. The van der Waals surface area contributed by atoms with E-state index in [-0.39, 0.29) is 30.7 Å². The molecule has 1 saturated heterocycles. The Kier molecular flexibility index (Phi) is 6.58. The second-order valence-electron chi connectivity index (χ2n) is 8.57. The maximum absolute atomic E-state index is 13.1. The predicted octanol–water partition coefficient (Wildman–Crippen LogP) is 2.68. The highest BCUT2D eigenvalue weighted by molar-refractivity contribution is 7.88. The topological polar surface area (TPSA) is 84.9 Å². The Morgan fingerprint density at radius 3 is 2.67 bits per heavy atom. The summed E-state index contributed by atoms with van der Waals surface area (Å²) in [7, 11) is -3.39. The molecular weight excluding hydrogens is 428 g/mol. The summed E-state index contributed by atoms with van der Waals surface area (Å²) in [5, 5.41) is 0.664. The average molecular weight is 457 g/mol. The lowest BCUT2D eigenvalue weighted by atomic mass is 9.82. The molecular formula is C21H29ClN2O5S. The van der Waals surface area contributed by atoms with Gasteiger partial charge in [-0.2, -0.15) is 0 Å². The van der Waals surface area contributed by atoms with Crippen molar-refractivity contribution in [3.63, 3.8) is 0 Å². The molecule has 3 heterocycles. The van der Waals surface area contributed by atoms with Gasteiger partial charge >= 0.3 is 0 Å². The Morgan fingerprint density at radius 2 is 1.93 bits per heavy atom. The molecule has 0 aromatic heterocycles. The fraction of sp³-hybridized carbons (Fsp3) is 0.667. The second kappa shape index (κ2) is 9.02. The van der Waals surface area contributed by atoms with Crippen molar-refractivity contribution in [1.82, 2.24) is 9.62 Å². The van der Waals surface area contributed by atoms with Crippen molar-refractivity contribution >= 4 is 27.5 Å². The molecule has 1 aromatic rings. The Balaban J connectivity index is 1.62. The molecule has 0 unspecified atom stereocenters. The minimum absolute atomic E-state index is 0.0904. The highest BCUT2D eigenvalue weighted by atomic mass is 35.5. The number of piperidine rings is 1. The van der Waals surface area contributed by atoms with E-state index in [1.165, 1.54) is 0 Å². The number of ether oxygens (including phenoxy) is 2. The quantitative estimate of drug-likeness (QED) is 0.739. The summed E-state index contributed by atoms with van der Waals surface area (Å²) in [6.07, 6.45) is 6.45. The van der Waals surface area contributed by atoms with Gasteiger partial charge in [0.15, 0.2) is 6.61 Å². The zero-order chi connectivity index (χ0) is 21.3. The lowest BCUT2D eigenvalue weighted by Crippen LogP contribution is -2.59. The number of halogens is 1. The van der Waals surface area contributed by atoms with Crippen LogP contribution in [0.2, 0.25) is 5.02 Å². The van der Waals surface area contributed by atoms with Crippen molar-refractivity contribution in [2.45, 2.75) is 62.6 Å². The molecule has 0 radical (unpaired) electrons. The third kappa shape index (κ3) is 5.10. The van der Waals surface area contributed by atoms with Crippen molar-refractivity contribution in [2.24, 2.45) is 0 Å². The van der Waals surface area contributed by atoms with Crippen LogP contribution in [-0.4, -0.2) is 63.4 Å². The molecule has 5 rings (SSSR count). The number of sulfonamides is 1. The van der Waals surface area contributed by atoms with Crippen LogP contribution in [0.1, 0.15) is 50.0 Å². The van der Waals surface area contributed by atoms with Gasteiger partial charge < -0.3 is 14.4 Å². The summed E-state index contributed by atoms with van der Waals surface area (Å²) in [5.74, 6) is 0.878. The van der Waals surface area contributed by atoms with Crippen LogP contribution in [0.25, 0.3) is 0 Å². The highest BCUT2D eigenvalue weighted by Gasteiger charge is 2.37. The number of rotatable bonds is 2. The average Bonchev–Trinajstić information content (AvgIpc) is 2.71. The van der Waals surface area contributed by atoms with Gasteiger partial charge in [0.05, 0.1) is 25.0 Å². The minimum atomic E-state index is -3.39. The van der Waals surface area contributed by atoms with Gasteiger partial charge in [-0.1, -0.05) is 11.6 Å². The van der Waals surface area contributed by atoms with Crippen LogP contribution in [-0.2, 0) is 19.6 Å². The zero-order valence-electron chi connectivity index (χ0n) is 17.2. The molecule has 2 fully saturated rings. The molecule has 7 nitrogen and oxygen atoms in total. The van der Waals surface area contributed by atoms with Gasteiger partial charge in [-0.3, -0.25) is 4.79 Å². The van der Waals surface area contributed by atoms with Crippen LogP contribution in [0.4, 0.5) is 0 Å². The van der Waals surface area contributed by atoms with Gasteiger partial charge in [-0.05, 0) is 68.2 Å². The van der Waals surface area contributed by atoms with Gasteiger partial charge in [0.2, 0.25) is 10.0 Å². The van der Waals surface area contributed by atoms with Gasteiger partial charge in [-0.25, -0.2) is 13.1 Å². The Hall–Kier alpha value is -1.35. The van der Waals surface area contributed by atoms with Crippen LogP contribution < -0.4 is 9.46 Å². The first-order valence-corrected chi connectivity index (χ1v) is 12.9. The fourth-order valence-corrected chi connectivity index (χ4v) is 5.96. The first-order chi connectivity index (χ1) is 14.3. The van der Waals surface area contributed by atoms with Crippen LogP contribution in [0.3, 0.4) is 0 Å². The number of hydrogen-bond donors (Lipinski definition) is 1. The second-order valence-corrected chi connectivity index (χ2v) is 10.8. The molecule has 2 atom stereocenters. The summed E-state index contributed by atoms with van der Waals surface area (Å²) >= 11 is 6.24. The maximum atomic E-state index is 13.1. The Labute approximate surface area is 183 Å². The monoisotopic (exact) mass is 456 g/mol. The van der Waals surface area contributed by atoms with Crippen LogP contribution in [0.15, 0.2) is 18.2 Å². The number of amides is 1. The molecule has 9 heteroatoms. The predicted molar refractivity (Wildman–Crippen MR) is 114 cm³/mol. The molecule has 30 heavy (non-hydrogen) atoms. The molecule has 1 saturated carbocycles. The normalized spacial score (nSPS) is 30.3. The smallest absolute Gasteiger partial charge is 0.260 e. The Bertz CT molecular complexity index is 885. The van der Waals surface area contributed by atoms with E-state index < -0.39 is 10.0 Å². The first-order valence-electron chi connectivity index (χ1n) is 10.6. The SMILES string of the molecule is CS(=O)(=O)N[C@H]1CCCN2C(=O)COc3ccc(Cl)cc3[C@H]3CC[C@H](CC3)OC[C@@H]12. The lowest BCUT2D eigenvalue weighted by molar-refractivity contribution is -0.140. The molecule has 0 spiro atoms. The summed E-state index contributed by atoms with van der Waals surface area (Å²) < 4.78 is 38.7. The van der Waals surface area contributed by atoms with E-state index in [0.717, 1.165) is 43.9 Å². The summed E-state index contributed by atoms with van der Waals surface area (Å²) in [6, 6.07) is 4.88. The van der Waals surface area contributed by atoms with E-state index in [1.807, 2.05) is 12.1 Å². The number of carbonyl (C=O) groups is 1. The van der Waals surface area contributed by atoms with Crippen LogP contribution in [0.5, 0.6) is 5.75 Å². The van der Waals surface area contributed by atoms with Gasteiger partial charge in [-0.15, -0.1) is 0 Å². The fourth-order valence-electron chi connectivity index (χ4n) is 4.95. The Morgan fingerprint density at radius 1 is 1.17 bits per heavy atom.